The molecule has 2 atom stereocenters. The van der Waals surface area contributed by atoms with E-state index in [0.29, 0.717) is 18.0 Å². The minimum absolute atomic E-state index is 0.184. The Morgan fingerprint density at radius 2 is 1.79 bits per heavy atom. The first kappa shape index (κ1) is 12.9. The van der Waals surface area contributed by atoms with Crippen LogP contribution >= 0.6 is 0 Å². The molecule has 2 heterocycles. The minimum atomic E-state index is 0.184. The Morgan fingerprint density at radius 1 is 1.16 bits per heavy atom. The van der Waals surface area contributed by atoms with Gasteiger partial charge in [-0.2, -0.15) is 0 Å². The van der Waals surface area contributed by atoms with Crippen LogP contribution in [0.3, 0.4) is 0 Å². The van der Waals surface area contributed by atoms with Crippen molar-refractivity contribution in [3.8, 4) is 0 Å². The highest BCUT2D eigenvalue weighted by Gasteiger charge is 2.38. The van der Waals surface area contributed by atoms with Crippen molar-refractivity contribution in [3.63, 3.8) is 0 Å². The number of aryl methyl sites for hydroxylation is 1. The van der Waals surface area contributed by atoms with Crippen molar-refractivity contribution >= 4 is 5.78 Å². The molecular formula is C17H22O2. The third-order valence-corrected chi connectivity index (χ3v) is 4.44. The van der Waals surface area contributed by atoms with Crippen molar-refractivity contribution in [2.24, 2.45) is 5.92 Å². The Hall–Kier alpha value is -1.15. The second kappa shape index (κ2) is 5.46. The van der Waals surface area contributed by atoms with E-state index in [1.807, 2.05) is 12.1 Å². The summed E-state index contributed by atoms with van der Waals surface area (Å²) in [5, 5.41) is 0. The van der Waals surface area contributed by atoms with Gasteiger partial charge in [0.05, 0.1) is 12.2 Å². The van der Waals surface area contributed by atoms with Crippen LogP contribution in [0.5, 0.6) is 0 Å². The Bertz CT molecular complexity index is 437. The van der Waals surface area contributed by atoms with Crippen LogP contribution in [0.25, 0.3) is 0 Å². The van der Waals surface area contributed by atoms with Gasteiger partial charge in [0.25, 0.3) is 0 Å². The van der Waals surface area contributed by atoms with Gasteiger partial charge in [0.15, 0.2) is 5.78 Å². The zero-order valence-electron chi connectivity index (χ0n) is 11.6. The Labute approximate surface area is 115 Å². The van der Waals surface area contributed by atoms with Crippen LogP contribution in [0, 0.1) is 5.92 Å². The lowest BCUT2D eigenvalue weighted by Gasteiger charge is -2.27. The lowest BCUT2D eigenvalue weighted by atomic mass is 9.87. The first-order valence-electron chi connectivity index (χ1n) is 7.55. The van der Waals surface area contributed by atoms with Gasteiger partial charge in [-0.15, -0.1) is 0 Å². The zero-order valence-corrected chi connectivity index (χ0v) is 11.6. The summed E-state index contributed by atoms with van der Waals surface area (Å²) in [6.07, 6.45) is 7.05. The molecule has 1 aromatic rings. The van der Waals surface area contributed by atoms with Crippen molar-refractivity contribution in [2.45, 2.75) is 57.7 Å². The van der Waals surface area contributed by atoms with Gasteiger partial charge in [0.1, 0.15) is 0 Å². The van der Waals surface area contributed by atoms with E-state index in [-0.39, 0.29) is 5.92 Å². The SMILES string of the molecule is CCCc1ccc(C(=O)C2CC3CCC(C2)O3)cc1. The van der Waals surface area contributed by atoms with Crippen LogP contribution in [0.2, 0.25) is 0 Å². The fourth-order valence-electron chi connectivity index (χ4n) is 3.43. The summed E-state index contributed by atoms with van der Waals surface area (Å²) in [6.45, 7) is 2.18. The molecule has 2 saturated heterocycles. The van der Waals surface area contributed by atoms with Crippen LogP contribution in [-0.2, 0) is 11.2 Å². The summed E-state index contributed by atoms with van der Waals surface area (Å²) in [5.41, 5.74) is 2.21. The number of fused-ring (bicyclic) bond motifs is 2. The van der Waals surface area contributed by atoms with E-state index in [1.165, 1.54) is 5.56 Å². The van der Waals surface area contributed by atoms with E-state index in [9.17, 15) is 4.79 Å². The highest BCUT2D eigenvalue weighted by atomic mass is 16.5. The molecule has 2 bridgehead atoms. The fourth-order valence-corrected chi connectivity index (χ4v) is 3.43. The normalized spacial score (nSPS) is 29.4. The molecule has 2 aliphatic rings. The van der Waals surface area contributed by atoms with Crippen molar-refractivity contribution in [3.05, 3.63) is 35.4 Å². The lowest BCUT2D eigenvalue weighted by Crippen LogP contribution is -2.30. The molecular weight excluding hydrogens is 236 g/mol. The van der Waals surface area contributed by atoms with Crippen molar-refractivity contribution in [1.82, 2.24) is 0 Å². The second-order valence-corrected chi connectivity index (χ2v) is 5.94. The summed E-state index contributed by atoms with van der Waals surface area (Å²) >= 11 is 0. The number of carbonyl (C=O) groups is 1. The number of hydrogen-bond acceptors (Lipinski definition) is 2. The van der Waals surface area contributed by atoms with Crippen molar-refractivity contribution in [1.29, 1.82) is 0 Å². The lowest BCUT2D eigenvalue weighted by molar-refractivity contribution is -0.0149. The summed E-state index contributed by atoms with van der Waals surface area (Å²) in [5.74, 6) is 0.506. The number of ether oxygens (including phenoxy) is 1. The molecule has 19 heavy (non-hydrogen) atoms. The average molecular weight is 258 g/mol. The molecule has 0 spiro atoms. The molecule has 1 aromatic carbocycles. The summed E-state index contributed by atoms with van der Waals surface area (Å²) in [4.78, 5) is 12.5. The smallest absolute Gasteiger partial charge is 0.166 e. The number of hydrogen-bond donors (Lipinski definition) is 0. The molecule has 0 N–H and O–H groups in total. The number of Topliss-reactive ketones (excluding diaryl/α,β-unsaturated/α-hetero) is 1. The third-order valence-electron chi connectivity index (χ3n) is 4.44. The van der Waals surface area contributed by atoms with Gasteiger partial charge >= 0.3 is 0 Å². The van der Waals surface area contributed by atoms with Gasteiger partial charge in [-0.05, 0) is 37.7 Å². The molecule has 0 saturated carbocycles. The molecule has 3 rings (SSSR count). The van der Waals surface area contributed by atoms with Crippen molar-refractivity contribution < 1.29 is 9.53 Å². The predicted octanol–water partition coefficient (Wildman–Crippen LogP) is 3.78. The largest absolute Gasteiger partial charge is 0.375 e. The van der Waals surface area contributed by atoms with Crippen molar-refractivity contribution in [2.75, 3.05) is 0 Å². The molecule has 2 nitrogen and oxygen atoms in total. The van der Waals surface area contributed by atoms with E-state index < -0.39 is 0 Å². The van der Waals surface area contributed by atoms with Gasteiger partial charge in [0, 0.05) is 11.5 Å². The van der Waals surface area contributed by atoms with Crippen LogP contribution in [-0.4, -0.2) is 18.0 Å². The molecule has 0 aliphatic carbocycles. The molecule has 2 fully saturated rings. The predicted molar refractivity (Wildman–Crippen MR) is 75.4 cm³/mol. The van der Waals surface area contributed by atoms with Gasteiger partial charge in [-0.25, -0.2) is 0 Å². The molecule has 2 aliphatic heterocycles. The summed E-state index contributed by atoms with van der Waals surface area (Å²) < 4.78 is 5.81. The van der Waals surface area contributed by atoms with E-state index in [0.717, 1.165) is 44.1 Å². The second-order valence-electron chi connectivity index (χ2n) is 5.94. The first-order chi connectivity index (χ1) is 9.26. The monoisotopic (exact) mass is 258 g/mol. The Kier molecular flexibility index (Phi) is 3.69. The Morgan fingerprint density at radius 3 is 2.37 bits per heavy atom. The van der Waals surface area contributed by atoms with Crippen LogP contribution in [0.15, 0.2) is 24.3 Å². The summed E-state index contributed by atoms with van der Waals surface area (Å²) in [7, 11) is 0. The van der Waals surface area contributed by atoms with Crippen LogP contribution in [0.1, 0.15) is 54.9 Å². The number of rotatable bonds is 4. The molecule has 2 unspecified atom stereocenters. The number of carbonyl (C=O) groups excluding carboxylic acids is 1. The third kappa shape index (κ3) is 2.74. The van der Waals surface area contributed by atoms with Gasteiger partial charge in [-0.1, -0.05) is 37.6 Å². The summed E-state index contributed by atoms with van der Waals surface area (Å²) in [6, 6.07) is 8.21. The van der Waals surface area contributed by atoms with Crippen LogP contribution < -0.4 is 0 Å². The van der Waals surface area contributed by atoms with Crippen LogP contribution in [0.4, 0.5) is 0 Å². The molecule has 0 amide bonds. The average Bonchev–Trinajstić information content (AvgIpc) is 2.78. The maximum atomic E-state index is 12.5. The maximum absolute atomic E-state index is 12.5. The Balaban J connectivity index is 1.69. The van der Waals surface area contributed by atoms with E-state index >= 15 is 0 Å². The number of benzene rings is 1. The zero-order chi connectivity index (χ0) is 13.2. The number of ketones is 1. The van der Waals surface area contributed by atoms with Gasteiger partial charge in [-0.3, -0.25) is 4.79 Å². The van der Waals surface area contributed by atoms with Gasteiger partial charge in [0.2, 0.25) is 0 Å². The van der Waals surface area contributed by atoms with E-state index in [1.54, 1.807) is 0 Å². The van der Waals surface area contributed by atoms with E-state index in [2.05, 4.69) is 19.1 Å². The fraction of sp³-hybridized carbons (Fsp3) is 0.588. The standard InChI is InChI=1S/C17H22O2/c1-2-3-12-4-6-13(7-5-12)17(18)14-10-15-8-9-16(11-14)19-15/h4-7,14-16H,2-3,8-11H2,1H3. The quantitative estimate of drug-likeness (QED) is 0.768. The van der Waals surface area contributed by atoms with Gasteiger partial charge < -0.3 is 4.74 Å². The minimum Gasteiger partial charge on any atom is -0.375 e. The molecule has 0 aromatic heterocycles. The molecule has 2 heteroatoms. The first-order valence-corrected chi connectivity index (χ1v) is 7.55. The highest BCUT2D eigenvalue weighted by molar-refractivity contribution is 5.98. The van der Waals surface area contributed by atoms with E-state index in [4.69, 9.17) is 4.74 Å². The molecule has 0 radical (unpaired) electrons. The maximum Gasteiger partial charge on any atom is 0.166 e. The molecule has 102 valence electrons. The topological polar surface area (TPSA) is 26.3 Å². The highest BCUT2D eigenvalue weighted by Crippen LogP contribution is 2.37.